The van der Waals surface area contributed by atoms with Gasteiger partial charge in [0.15, 0.2) is 0 Å². The molecule has 0 spiro atoms. The molecule has 6 heteroatoms. The maximum atomic E-state index is 11.7. The molecule has 5 nitrogen and oxygen atoms in total. The maximum Gasteiger partial charge on any atom is 0.315 e. The fourth-order valence-electron chi connectivity index (χ4n) is 1.64. The van der Waals surface area contributed by atoms with Gasteiger partial charge in [0.2, 0.25) is 0 Å². The van der Waals surface area contributed by atoms with Crippen molar-refractivity contribution >= 4 is 17.4 Å². The van der Waals surface area contributed by atoms with Crippen molar-refractivity contribution in [2.75, 3.05) is 0 Å². The molecule has 0 saturated heterocycles. The first kappa shape index (κ1) is 13.5. The molecule has 2 amide bonds. The number of pyridine rings is 1. The van der Waals surface area contributed by atoms with Gasteiger partial charge in [-0.25, -0.2) is 9.78 Å². The molecular formula is C13H16N4OS. The Balaban J connectivity index is 1.81. The molecule has 0 aliphatic heterocycles. The number of thiazole rings is 1. The third-order valence-corrected chi connectivity index (χ3v) is 3.47. The molecule has 0 aromatic carbocycles. The average molecular weight is 276 g/mol. The van der Waals surface area contributed by atoms with Crippen LogP contribution in [0.3, 0.4) is 0 Å². The lowest BCUT2D eigenvalue weighted by atomic mass is 10.1. The molecule has 0 bridgehead atoms. The average Bonchev–Trinajstić information content (AvgIpc) is 2.83. The summed E-state index contributed by atoms with van der Waals surface area (Å²) in [4.78, 5) is 20.0. The minimum absolute atomic E-state index is 0.0554. The Labute approximate surface area is 116 Å². The fraction of sp³-hybridized carbons (Fsp3) is 0.308. The number of hydrogen-bond donors (Lipinski definition) is 2. The summed E-state index contributed by atoms with van der Waals surface area (Å²) >= 11 is 1.58. The van der Waals surface area contributed by atoms with E-state index in [1.165, 1.54) is 0 Å². The summed E-state index contributed by atoms with van der Waals surface area (Å²) in [5.41, 5.74) is 1.91. The van der Waals surface area contributed by atoms with Gasteiger partial charge < -0.3 is 10.6 Å². The number of aromatic nitrogens is 2. The highest BCUT2D eigenvalue weighted by Crippen LogP contribution is 2.10. The van der Waals surface area contributed by atoms with E-state index in [0.717, 1.165) is 16.3 Å². The molecule has 2 rings (SSSR count). The lowest BCUT2D eigenvalue weighted by molar-refractivity contribution is 0.237. The van der Waals surface area contributed by atoms with Crippen LogP contribution in [0.25, 0.3) is 0 Å². The zero-order valence-corrected chi connectivity index (χ0v) is 11.7. The number of aryl methyl sites for hydroxylation is 1. The Kier molecular flexibility index (Phi) is 4.46. The van der Waals surface area contributed by atoms with Crippen LogP contribution < -0.4 is 10.6 Å². The van der Waals surface area contributed by atoms with Crippen LogP contribution in [0, 0.1) is 6.92 Å². The second kappa shape index (κ2) is 6.29. The highest BCUT2D eigenvalue weighted by atomic mass is 32.1. The summed E-state index contributed by atoms with van der Waals surface area (Å²) in [6.07, 6.45) is 3.42. The van der Waals surface area contributed by atoms with Crippen molar-refractivity contribution in [3.8, 4) is 0 Å². The van der Waals surface area contributed by atoms with Crippen molar-refractivity contribution in [2.45, 2.75) is 26.4 Å². The van der Waals surface area contributed by atoms with E-state index >= 15 is 0 Å². The van der Waals surface area contributed by atoms with E-state index in [1.807, 2.05) is 31.4 Å². The normalized spacial score (nSPS) is 11.9. The molecule has 1 unspecified atom stereocenters. The second-order valence-corrected chi connectivity index (χ2v) is 5.25. The number of rotatable bonds is 4. The number of amides is 2. The van der Waals surface area contributed by atoms with Crippen LogP contribution in [-0.4, -0.2) is 16.0 Å². The summed E-state index contributed by atoms with van der Waals surface area (Å²) in [5, 5.41) is 8.61. The Bertz CT molecular complexity index is 541. The van der Waals surface area contributed by atoms with Gasteiger partial charge in [0.05, 0.1) is 23.3 Å². The topological polar surface area (TPSA) is 66.9 Å². The van der Waals surface area contributed by atoms with E-state index in [0.29, 0.717) is 6.54 Å². The third kappa shape index (κ3) is 4.03. The monoisotopic (exact) mass is 276 g/mol. The molecule has 0 radical (unpaired) electrons. The first-order chi connectivity index (χ1) is 9.15. The van der Waals surface area contributed by atoms with Gasteiger partial charge in [-0.05, 0) is 31.5 Å². The van der Waals surface area contributed by atoms with Crippen molar-refractivity contribution in [1.82, 2.24) is 20.6 Å². The van der Waals surface area contributed by atoms with Crippen molar-refractivity contribution in [3.05, 3.63) is 46.2 Å². The van der Waals surface area contributed by atoms with Crippen LogP contribution in [0.2, 0.25) is 0 Å². The number of carbonyl (C=O) groups is 1. The Morgan fingerprint density at radius 1 is 1.42 bits per heavy atom. The smallest absolute Gasteiger partial charge is 0.315 e. The van der Waals surface area contributed by atoms with Gasteiger partial charge in [-0.3, -0.25) is 4.98 Å². The highest BCUT2D eigenvalue weighted by Gasteiger charge is 2.09. The van der Waals surface area contributed by atoms with Crippen molar-refractivity contribution in [2.24, 2.45) is 0 Å². The number of urea groups is 1. The van der Waals surface area contributed by atoms with Gasteiger partial charge in [0.1, 0.15) is 0 Å². The lowest BCUT2D eigenvalue weighted by Crippen LogP contribution is -2.36. The van der Waals surface area contributed by atoms with Crippen LogP contribution in [0.15, 0.2) is 29.9 Å². The molecule has 100 valence electrons. The minimum Gasteiger partial charge on any atom is -0.332 e. The summed E-state index contributed by atoms with van der Waals surface area (Å²) in [6.45, 7) is 4.32. The Morgan fingerprint density at radius 2 is 2.16 bits per heavy atom. The molecule has 2 heterocycles. The van der Waals surface area contributed by atoms with Gasteiger partial charge in [-0.2, -0.15) is 0 Å². The van der Waals surface area contributed by atoms with Crippen molar-refractivity contribution in [1.29, 1.82) is 0 Å². The second-order valence-electron chi connectivity index (χ2n) is 4.19. The molecule has 0 saturated carbocycles. The number of carbonyl (C=O) groups excluding carboxylic acids is 1. The highest BCUT2D eigenvalue weighted by molar-refractivity contribution is 7.09. The van der Waals surface area contributed by atoms with E-state index in [9.17, 15) is 4.79 Å². The first-order valence-corrected chi connectivity index (χ1v) is 6.88. The van der Waals surface area contributed by atoms with Gasteiger partial charge in [0.25, 0.3) is 0 Å². The summed E-state index contributed by atoms with van der Waals surface area (Å²) in [5.74, 6) is 0. The molecule has 19 heavy (non-hydrogen) atoms. The zero-order chi connectivity index (χ0) is 13.7. The zero-order valence-electron chi connectivity index (χ0n) is 10.9. The van der Waals surface area contributed by atoms with Gasteiger partial charge >= 0.3 is 6.03 Å². The third-order valence-electron chi connectivity index (χ3n) is 2.65. The summed E-state index contributed by atoms with van der Waals surface area (Å²) < 4.78 is 0. The molecule has 0 aliphatic carbocycles. The predicted octanol–water partition coefficient (Wildman–Crippen LogP) is 2.41. The lowest BCUT2D eigenvalue weighted by Gasteiger charge is -2.14. The van der Waals surface area contributed by atoms with Crippen molar-refractivity contribution in [3.63, 3.8) is 0 Å². The molecular weight excluding hydrogens is 260 g/mol. The van der Waals surface area contributed by atoms with Crippen molar-refractivity contribution < 1.29 is 4.79 Å². The number of hydrogen-bond acceptors (Lipinski definition) is 4. The molecule has 2 N–H and O–H groups in total. The van der Waals surface area contributed by atoms with E-state index < -0.39 is 0 Å². The Morgan fingerprint density at radius 3 is 2.79 bits per heavy atom. The van der Waals surface area contributed by atoms with Gasteiger partial charge in [-0.15, -0.1) is 11.3 Å². The minimum atomic E-state index is -0.199. The predicted molar refractivity (Wildman–Crippen MR) is 74.9 cm³/mol. The Hall–Kier alpha value is -1.95. The van der Waals surface area contributed by atoms with Crippen LogP contribution in [0.1, 0.15) is 29.2 Å². The van der Waals surface area contributed by atoms with Crippen LogP contribution >= 0.6 is 11.3 Å². The van der Waals surface area contributed by atoms with Gasteiger partial charge in [0, 0.05) is 17.8 Å². The standard InChI is InChI=1S/C13H16N4OS/c1-9(11-3-5-14-6-4-11)16-13(18)15-7-12-8-19-10(2)17-12/h3-6,8-9H,7H2,1-2H3,(H2,15,16,18). The quantitative estimate of drug-likeness (QED) is 0.901. The van der Waals surface area contributed by atoms with E-state index in [1.54, 1.807) is 23.7 Å². The number of nitrogens with one attached hydrogen (secondary N) is 2. The van der Waals surface area contributed by atoms with Crippen LogP contribution in [0.5, 0.6) is 0 Å². The van der Waals surface area contributed by atoms with E-state index in [4.69, 9.17) is 0 Å². The molecule has 0 fully saturated rings. The van der Waals surface area contributed by atoms with Crippen LogP contribution in [-0.2, 0) is 6.54 Å². The van der Waals surface area contributed by atoms with E-state index in [2.05, 4.69) is 20.6 Å². The molecule has 1 atom stereocenters. The summed E-state index contributed by atoms with van der Waals surface area (Å²) in [7, 11) is 0. The SMILES string of the molecule is Cc1nc(CNC(=O)NC(C)c2ccncc2)cs1. The van der Waals surface area contributed by atoms with Crippen LogP contribution in [0.4, 0.5) is 4.79 Å². The molecule has 2 aromatic rings. The largest absolute Gasteiger partial charge is 0.332 e. The van der Waals surface area contributed by atoms with E-state index in [-0.39, 0.29) is 12.1 Å². The number of nitrogens with zero attached hydrogens (tertiary/aromatic N) is 2. The maximum absolute atomic E-state index is 11.7. The molecule has 0 aliphatic rings. The van der Waals surface area contributed by atoms with Gasteiger partial charge in [-0.1, -0.05) is 0 Å². The fourth-order valence-corrected chi connectivity index (χ4v) is 2.26. The summed E-state index contributed by atoms with van der Waals surface area (Å²) in [6, 6.07) is 3.51. The first-order valence-electron chi connectivity index (χ1n) is 6.00. The molecule has 2 aromatic heterocycles.